The van der Waals surface area contributed by atoms with Gasteiger partial charge in [-0.3, -0.25) is 19.2 Å². The van der Waals surface area contributed by atoms with Gasteiger partial charge in [0.2, 0.25) is 17.6 Å². The number of nitrogens with one attached hydrogen (secondary N) is 2. The second-order valence-corrected chi connectivity index (χ2v) is 34.6. The van der Waals surface area contributed by atoms with Crippen molar-refractivity contribution in [3.05, 3.63) is 106 Å². The molecule has 4 aromatic rings. The summed E-state index contributed by atoms with van der Waals surface area (Å²) in [5.74, 6) is 2.48. The Balaban J connectivity index is 0.000000302. The first kappa shape index (κ1) is 80.8. The standard InChI is InChI=1S/C58H75N5O9S.C21H29NO4.C2H6N2PS/c1-7-8-30-62-49-18-11-9-16-45(49)53(46-17-10-12-19-50(46)62)56(67)72-54-39(2)35-41(36-40(54)3)55(66)60-29-14-32-63(6,33-15-34-73(68,69)70)31-13-28-59-52(65)38-71-61-43-24-26-57(4)42(37-43)20-21-44-47-22-23-51(64)58(47,5)27-25-48(44)57;1-20-9-7-14(22-26-12-19(24)25)11-13(20)3-4-15-16-5-6-18(23)21(16,2)10-8-17(15)20;3-1-2-4-5-6/h9-12,16-19,35-37,44,47-48H,7-8,13-15,20-34,38H2,1-6H3,(H-2,59,60,65,66,68,69,70);11,15-17H,3-10,12H2,1-2H3,(H,24,25);1-3H2/q;;+1/p+1/t44?,47?,48?,57-,58-,63?;15?,16?,17?,20-,21-;/m00./s1. The topological polar surface area (TPSA) is 299 Å². The summed E-state index contributed by atoms with van der Waals surface area (Å²) in [5, 5.41) is 24.7. The Morgan fingerprint density at radius 1 is 0.686 bits per heavy atom. The third-order valence-corrected chi connectivity index (χ3v) is 27.1. The molecular weight excluding hydrogens is 1390 g/mol. The molecule has 6 fully saturated rings. The predicted molar refractivity (Wildman–Crippen MR) is 410 cm³/mol. The number of esters is 1. The number of aliphatic carboxylic acids is 1. The van der Waals surface area contributed by atoms with Gasteiger partial charge in [-0.05, 0) is 198 Å². The van der Waals surface area contributed by atoms with E-state index in [2.05, 4.69) is 88.8 Å². The van der Waals surface area contributed by atoms with Crippen LogP contribution in [0.1, 0.15) is 201 Å². The minimum atomic E-state index is -4.38. The summed E-state index contributed by atoms with van der Waals surface area (Å²) in [4.78, 5) is 86.9. The van der Waals surface area contributed by atoms with Gasteiger partial charge in [-0.2, -0.15) is 4.57 Å². The molecule has 8 aliphatic rings. The number of hydrogen-bond acceptors (Lipinski definition) is 17. The van der Waals surface area contributed by atoms with Gasteiger partial charge in [0.1, 0.15) is 23.9 Å². The van der Waals surface area contributed by atoms with Gasteiger partial charge in [-0.1, -0.05) is 86.8 Å². The number of ether oxygens (including phenoxy) is 1. The van der Waals surface area contributed by atoms with Crippen LogP contribution in [0.5, 0.6) is 5.75 Å². The number of quaternary nitrogens is 1. The number of allylic oxidation sites excluding steroid dienone is 4. The van der Waals surface area contributed by atoms with Crippen molar-refractivity contribution in [2.24, 2.45) is 78.0 Å². The van der Waals surface area contributed by atoms with Crippen molar-refractivity contribution in [1.82, 2.24) is 10.6 Å². The molecule has 5 N–H and O–H groups in total. The molecule has 6 saturated carbocycles. The number of oxime groups is 2. The number of aromatic nitrogens is 1. The number of nitrogens with two attached hydrogens (primary N) is 1. The Hall–Kier alpha value is -6.75. The van der Waals surface area contributed by atoms with Crippen LogP contribution in [-0.2, 0) is 57.3 Å². The maximum atomic E-state index is 14.2. The van der Waals surface area contributed by atoms with Gasteiger partial charge in [-0.15, -0.1) is 0 Å². The molecule has 0 spiro atoms. The number of aryl methyl sites for hydroxylation is 3. The number of fused-ring (bicyclic) bond motifs is 12. The number of ketones is 2. The van der Waals surface area contributed by atoms with Gasteiger partial charge in [-0.25, -0.2) is 18.0 Å². The molecule has 11 atom stereocenters. The van der Waals surface area contributed by atoms with Crippen LogP contribution in [0.3, 0.4) is 0 Å². The van der Waals surface area contributed by atoms with Crippen LogP contribution in [0, 0.1) is 71.0 Å². The second kappa shape index (κ2) is 35.1. The molecule has 0 radical (unpaired) electrons. The summed E-state index contributed by atoms with van der Waals surface area (Å²) in [6, 6.07) is 19.3. The number of benzene rings is 3. The Morgan fingerprint density at radius 2 is 1.18 bits per heavy atom. The number of carboxylic acid groups (broad SMARTS) is 1. The molecule has 0 saturated heterocycles. The van der Waals surface area contributed by atoms with E-state index in [1.807, 2.05) is 69.4 Å². The number of Topliss-reactive ketones (excluding diaryl/α,β-unsaturated/α-hetero) is 2. The second-order valence-electron chi connectivity index (χ2n) is 32.1. The molecule has 24 heteroatoms. The van der Waals surface area contributed by atoms with Crippen LogP contribution in [0.2, 0.25) is 0 Å². The van der Waals surface area contributed by atoms with Gasteiger partial charge in [0.15, 0.2) is 6.61 Å². The van der Waals surface area contributed by atoms with Crippen molar-refractivity contribution in [1.29, 1.82) is 0 Å². The number of amides is 2. The van der Waals surface area contributed by atoms with Crippen LogP contribution < -0.4 is 25.7 Å². The van der Waals surface area contributed by atoms with E-state index in [-0.39, 0.29) is 53.1 Å². The number of carboxylic acids is 1. The monoisotopic (exact) mass is 1500 g/mol. The van der Waals surface area contributed by atoms with Crippen LogP contribution in [0.15, 0.2) is 99.0 Å². The van der Waals surface area contributed by atoms with Crippen molar-refractivity contribution in [2.45, 2.75) is 190 Å². The van der Waals surface area contributed by atoms with Crippen LogP contribution in [0.4, 0.5) is 0 Å². The summed E-state index contributed by atoms with van der Waals surface area (Å²) in [6.45, 7) is 19.0. The van der Waals surface area contributed by atoms with Crippen LogP contribution in [0.25, 0.3) is 21.8 Å². The molecule has 1 heterocycles. The number of rotatable bonds is 26. The van der Waals surface area contributed by atoms with Crippen LogP contribution in [-0.4, -0.2) is 141 Å². The molecule has 3 aromatic carbocycles. The minimum absolute atomic E-state index is 0.0648. The van der Waals surface area contributed by atoms with Crippen molar-refractivity contribution in [3.8, 4) is 5.75 Å². The first-order valence-electron chi connectivity index (χ1n) is 38.4. The van der Waals surface area contributed by atoms with E-state index in [1.165, 1.54) is 17.6 Å². The zero-order valence-electron chi connectivity index (χ0n) is 62.9. The van der Waals surface area contributed by atoms with Gasteiger partial charge in [0.25, 0.3) is 11.8 Å². The van der Waals surface area contributed by atoms with E-state index < -0.39 is 27.8 Å². The quantitative estimate of drug-likeness (QED) is 0.00523. The van der Waals surface area contributed by atoms with Crippen LogP contribution >= 0.6 is 7.15 Å². The fourth-order valence-corrected chi connectivity index (χ4v) is 20.9. The summed E-state index contributed by atoms with van der Waals surface area (Å²) >= 11 is 4.47. The van der Waals surface area contributed by atoms with E-state index in [4.69, 9.17) is 25.3 Å². The molecule has 7 unspecified atom stereocenters. The molecular formula is C81H111N8O13PS2+2. The van der Waals surface area contributed by atoms with Crippen molar-refractivity contribution < 1.29 is 70.3 Å². The fraction of sp³-hybridized carbons (Fsp3) is 0.617. The van der Waals surface area contributed by atoms with E-state index >= 15 is 0 Å². The normalized spacial score (nSPS) is 27.9. The Kier molecular flexibility index (Phi) is 27.0. The Bertz CT molecular complexity index is 4150. The number of carbonyl (C=O) groups is 6. The van der Waals surface area contributed by atoms with E-state index in [0.717, 1.165) is 149 Å². The number of unbranched alkanes of at least 4 members (excludes halogenated alkanes) is 1. The Morgan fingerprint density at radius 3 is 1.67 bits per heavy atom. The number of para-hydroxylation sites is 2. The molecule has 8 aliphatic carbocycles. The van der Waals surface area contributed by atoms with Gasteiger partial charge >= 0.3 is 54.5 Å². The first-order chi connectivity index (χ1) is 50.1. The third-order valence-electron chi connectivity index (χ3n) is 25.6. The van der Waals surface area contributed by atoms with Gasteiger partial charge < -0.3 is 39.2 Å². The molecule has 0 bridgehead atoms. The van der Waals surface area contributed by atoms with Crippen molar-refractivity contribution >= 4 is 97.6 Å². The summed E-state index contributed by atoms with van der Waals surface area (Å²) in [5.41, 5.74) is 13.9. The zero-order chi connectivity index (χ0) is 75.5. The fourth-order valence-electron chi connectivity index (χ4n) is 20.0. The summed E-state index contributed by atoms with van der Waals surface area (Å²) in [7, 11) is -1.71. The number of pyridine rings is 1. The molecule has 21 nitrogen and oxygen atoms in total. The van der Waals surface area contributed by atoms with Crippen molar-refractivity contribution in [2.75, 3.05) is 71.8 Å². The maximum absolute atomic E-state index is 14.2. The molecule has 105 heavy (non-hydrogen) atoms. The summed E-state index contributed by atoms with van der Waals surface area (Å²) < 4.78 is 47.1. The average Bonchev–Trinajstić information content (AvgIpc) is 1.70. The molecule has 1 aromatic heterocycles. The molecule has 568 valence electrons. The SMILES string of the molecule is CCCC[n+]1c2ccccc2c(C(=O)Oc2c(C)cc(C(=O)NCCC[N+](C)(CCCNC(=O)CON=C3C=C4CCC5C(CC[C@]6(C)C(=O)CCC56)[C@@]4(C)CC3)CCCS(=O)(=O)[O-])cc2C)c2ccccc21.C[C@]12CCC(=NOCC(=O)O)C=C1CCC1C2CC[C@]2(C)C(=O)CCC12.NCCN=[P+]=S. The molecule has 12 rings (SSSR count). The summed E-state index contributed by atoms with van der Waals surface area (Å²) in [6.07, 6.45) is 23.7. The first-order valence-corrected chi connectivity index (χ1v) is 41.8. The van der Waals surface area contributed by atoms with Gasteiger partial charge in [0, 0.05) is 85.9 Å². The van der Waals surface area contributed by atoms with Gasteiger partial charge in [0.05, 0.1) is 64.6 Å². The van der Waals surface area contributed by atoms with E-state index in [0.29, 0.717) is 145 Å². The van der Waals surface area contributed by atoms with Crippen molar-refractivity contribution in [3.63, 3.8) is 0 Å². The Labute approximate surface area is 626 Å². The van der Waals surface area contributed by atoms with E-state index in [1.54, 1.807) is 12.1 Å². The van der Waals surface area contributed by atoms with E-state index in [9.17, 15) is 41.7 Å². The molecule has 0 aliphatic heterocycles. The number of nitrogens with zero attached hydrogens (tertiary/aromatic N) is 5. The predicted octanol–water partition coefficient (Wildman–Crippen LogP) is 13.3. The third kappa shape index (κ3) is 18.5. The zero-order valence-corrected chi connectivity index (χ0v) is 65.5. The number of hydrogen-bond donors (Lipinski definition) is 4. The molecule has 2 amide bonds. The number of carbonyl (C=O) groups excluding carboxylic acids is 5. The average molecular weight is 1500 g/mol.